The van der Waals surface area contributed by atoms with E-state index in [0.29, 0.717) is 5.92 Å². The van der Waals surface area contributed by atoms with E-state index >= 15 is 0 Å². The second-order valence-corrected chi connectivity index (χ2v) is 4.93. The van der Waals surface area contributed by atoms with Gasteiger partial charge in [-0.15, -0.1) is 0 Å². The first-order valence-corrected chi connectivity index (χ1v) is 7.15. The van der Waals surface area contributed by atoms with E-state index in [-0.39, 0.29) is 0 Å². The summed E-state index contributed by atoms with van der Waals surface area (Å²) >= 11 is 0. The Bertz CT molecular complexity index is 364. The number of anilines is 1. The molecule has 0 aromatic carbocycles. The average molecular weight is 235 g/mol. The molecular weight excluding hydrogens is 210 g/mol. The van der Waals surface area contributed by atoms with E-state index in [1.165, 1.54) is 49.2 Å². The van der Waals surface area contributed by atoms with E-state index in [9.17, 15) is 0 Å². The van der Waals surface area contributed by atoms with Crippen molar-refractivity contribution in [1.29, 1.82) is 0 Å². The lowest BCUT2D eigenvalue weighted by atomic mass is 9.94. The van der Waals surface area contributed by atoms with Gasteiger partial charge in [0.2, 0.25) is 0 Å². The molecule has 0 aliphatic carbocycles. The molecule has 1 aromatic heterocycles. The van der Waals surface area contributed by atoms with E-state index in [2.05, 4.69) is 30.8 Å². The van der Waals surface area contributed by atoms with E-state index < -0.39 is 0 Å². The molecule has 1 N–H and O–H groups in total. The molecule has 0 atom stereocenters. The topological polar surface area (TPSA) is 29.9 Å². The van der Waals surface area contributed by atoms with Crippen LogP contribution >= 0.6 is 0 Å². The highest BCUT2D eigenvalue weighted by Crippen LogP contribution is 2.32. The van der Waals surface area contributed by atoms with E-state index in [1.807, 2.05) is 0 Å². The molecule has 0 bridgehead atoms. The Labute approximate surface area is 105 Å². The zero-order valence-electron chi connectivity index (χ0n) is 11.4. The van der Waals surface area contributed by atoms with Crippen LogP contribution in [0.25, 0.3) is 0 Å². The van der Waals surface area contributed by atoms with Crippen LogP contribution in [0.1, 0.15) is 63.6 Å². The largest absolute Gasteiger partial charge is 0.370 e. The molecule has 0 fully saturated rings. The molecule has 0 saturated carbocycles. The van der Waals surface area contributed by atoms with Gasteiger partial charge in [-0.1, -0.05) is 13.8 Å². The van der Waals surface area contributed by atoms with Gasteiger partial charge in [0.1, 0.15) is 5.82 Å². The number of hydrogen-bond acceptors (Lipinski definition) is 2. The molecule has 0 saturated heterocycles. The minimum atomic E-state index is 0.636. The highest BCUT2D eigenvalue weighted by atomic mass is 15.3. The van der Waals surface area contributed by atoms with Crippen LogP contribution in [0.4, 0.5) is 5.82 Å². The van der Waals surface area contributed by atoms with Crippen LogP contribution in [0.5, 0.6) is 0 Å². The summed E-state index contributed by atoms with van der Waals surface area (Å²) in [4.78, 5) is 0. The normalized spacial score (nSPS) is 15.5. The van der Waals surface area contributed by atoms with Crippen molar-refractivity contribution in [2.45, 2.75) is 65.3 Å². The quantitative estimate of drug-likeness (QED) is 0.865. The Morgan fingerprint density at radius 1 is 1.24 bits per heavy atom. The van der Waals surface area contributed by atoms with Gasteiger partial charge in [-0.3, -0.25) is 0 Å². The fourth-order valence-electron chi connectivity index (χ4n) is 2.83. The molecule has 1 aromatic rings. The second-order valence-electron chi connectivity index (χ2n) is 4.93. The van der Waals surface area contributed by atoms with Crippen molar-refractivity contribution in [3.8, 4) is 0 Å². The van der Waals surface area contributed by atoms with Crippen LogP contribution in [0.3, 0.4) is 0 Å². The molecule has 0 unspecified atom stereocenters. The molecule has 3 heteroatoms. The predicted molar refractivity (Wildman–Crippen MR) is 72.7 cm³/mol. The number of nitrogens with one attached hydrogen (secondary N) is 1. The molecule has 0 radical (unpaired) electrons. The van der Waals surface area contributed by atoms with Gasteiger partial charge in [-0.05, 0) is 39.0 Å². The maximum atomic E-state index is 4.85. The summed E-state index contributed by atoms with van der Waals surface area (Å²) in [6.45, 7) is 8.79. The fourth-order valence-corrected chi connectivity index (χ4v) is 2.83. The highest BCUT2D eigenvalue weighted by molar-refractivity contribution is 5.50. The SMILES string of the molecule is CCC(CC)c1nn(CC)c2c1CCCCN2. The minimum absolute atomic E-state index is 0.636. The van der Waals surface area contributed by atoms with Crippen molar-refractivity contribution in [2.24, 2.45) is 0 Å². The van der Waals surface area contributed by atoms with Crippen LogP contribution in [0.15, 0.2) is 0 Å². The Kier molecular flexibility index (Phi) is 4.08. The molecule has 0 amide bonds. The maximum Gasteiger partial charge on any atom is 0.127 e. The molecule has 0 spiro atoms. The number of aryl methyl sites for hydroxylation is 1. The Balaban J connectivity index is 2.41. The first-order valence-electron chi connectivity index (χ1n) is 7.15. The molecule has 3 nitrogen and oxygen atoms in total. The number of fused-ring (bicyclic) bond motifs is 1. The van der Waals surface area contributed by atoms with Crippen molar-refractivity contribution in [2.75, 3.05) is 11.9 Å². The predicted octanol–water partition coefficient (Wildman–Crippen LogP) is 3.55. The molecule has 96 valence electrons. The van der Waals surface area contributed by atoms with Crippen molar-refractivity contribution in [3.05, 3.63) is 11.3 Å². The first kappa shape index (κ1) is 12.5. The lowest BCUT2D eigenvalue weighted by molar-refractivity contribution is 0.579. The highest BCUT2D eigenvalue weighted by Gasteiger charge is 2.22. The third kappa shape index (κ3) is 2.33. The van der Waals surface area contributed by atoms with Gasteiger partial charge in [0.15, 0.2) is 0 Å². The Morgan fingerprint density at radius 3 is 2.65 bits per heavy atom. The maximum absolute atomic E-state index is 4.85. The van der Waals surface area contributed by atoms with Gasteiger partial charge in [0, 0.05) is 24.6 Å². The number of aromatic nitrogens is 2. The molecular formula is C14H25N3. The minimum Gasteiger partial charge on any atom is -0.370 e. The molecule has 2 rings (SSSR count). The van der Waals surface area contributed by atoms with Gasteiger partial charge in [-0.25, -0.2) is 4.68 Å². The third-order valence-electron chi connectivity index (χ3n) is 3.90. The summed E-state index contributed by atoms with van der Waals surface area (Å²) in [5, 5.41) is 8.42. The summed E-state index contributed by atoms with van der Waals surface area (Å²) < 4.78 is 2.16. The van der Waals surface area contributed by atoms with Crippen molar-refractivity contribution < 1.29 is 0 Å². The summed E-state index contributed by atoms with van der Waals surface area (Å²) in [6, 6.07) is 0. The Hall–Kier alpha value is -0.990. The smallest absolute Gasteiger partial charge is 0.127 e. The van der Waals surface area contributed by atoms with Gasteiger partial charge in [0.05, 0.1) is 5.69 Å². The van der Waals surface area contributed by atoms with E-state index in [0.717, 1.165) is 13.1 Å². The molecule has 1 aliphatic heterocycles. The molecule has 17 heavy (non-hydrogen) atoms. The average Bonchev–Trinajstić information content (AvgIpc) is 2.54. The van der Waals surface area contributed by atoms with Crippen molar-refractivity contribution in [3.63, 3.8) is 0 Å². The summed E-state index contributed by atoms with van der Waals surface area (Å²) in [5.74, 6) is 1.93. The zero-order chi connectivity index (χ0) is 12.3. The van der Waals surface area contributed by atoms with E-state index in [1.54, 1.807) is 0 Å². The summed E-state index contributed by atoms with van der Waals surface area (Å²) in [5.41, 5.74) is 2.86. The van der Waals surface area contributed by atoms with Crippen molar-refractivity contribution in [1.82, 2.24) is 9.78 Å². The van der Waals surface area contributed by atoms with Gasteiger partial charge in [0.25, 0.3) is 0 Å². The number of rotatable bonds is 4. The number of nitrogens with zero attached hydrogens (tertiary/aromatic N) is 2. The lowest BCUT2D eigenvalue weighted by Crippen LogP contribution is -2.07. The van der Waals surface area contributed by atoms with Crippen molar-refractivity contribution >= 4 is 5.82 Å². The van der Waals surface area contributed by atoms with Gasteiger partial charge in [-0.2, -0.15) is 5.10 Å². The summed E-state index contributed by atoms with van der Waals surface area (Å²) in [6.07, 6.45) is 6.17. The monoisotopic (exact) mass is 235 g/mol. The van der Waals surface area contributed by atoms with E-state index in [4.69, 9.17) is 5.10 Å². The Morgan fingerprint density at radius 2 is 2.00 bits per heavy atom. The fraction of sp³-hybridized carbons (Fsp3) is 0.786. The standard InChI is InChI=1S/C14H25N3/c1-4-11(5-2)13-12-9-7-8-10-15-14(12)17(6-3)16-13/h11,15H,4-10H2,1-3H3. The number of hydrogen-bond donors (Lipinski definition) is 1. The van der Waals surface area contributed by atoms with Gasteiger partial charge < -0.3 is 5.32 Å². The zero-order valence-corrected chi connectivity index (χ0v) is 11.4. The van der Waals surface area contributed by atoms with Crippen LogP contribution in [0, 0.1) is 0 Å². The van der Waals surface area contributed by atoms with Crippen LogP contribution in [0.2, 0.25) is 0 Å². The third-order valence-corrected chi connectivity index (χ3v) is 3.90. The second kappa shape index (κ2) is 5.56. The van der Waals surface area contributed by atoms with Gasteiger partial charge >= 0.3 is 0 Å². The van der Waals surface area contributed by atoms with Crippen LogP contribution in [-0.2, 0) is 13.0 Å². The molecule has 2 heterocycles. The van der Waals surface area contributed by atoms with Crippen LogP contribution < -0.4 is 5.32 Å². The lowest BCUT2D eigenvalue weighted by Gasteiger charge is -2.11. The molecule has 1 aliphatic rings. The first-order chi connectivity index (χ1) is 8.31. The summed E-state index contributed by atoms with van der Waals surface area (Å²) in [7, 11) is 0. The van der Waals surface area contributed by atoms with Crippen LogP contribution in [-0.4, -0.2) is 16.3 Å².